The summed E-state index contributed by atoms with van der Waals surface area (Å²) in [4.78, 5) is 11.9. The van der Waals surface area contributed by atoms with E-state index in [0.717, 1.165) is 0 Å². The van der Waals surface area contributed by atoms with Crippen molar-refractivity contribution in [2.75, 3.05) is 0 Å². The fourth-order valence-electron chi connectivity index (χ4n) is 1.04. The number of nitrogens with zero attached hydrogens (tertiary/aromatic N) is 1. The monoisotopic (exact) mass is 226 g/mol. The quantitative estimate of drug-likeness (QED) is 0.454. The van der Waals surface area contributed by atoms with Gasteiger partial charge in [0, 0.05) is 10.6 Å². The number of amides is 1. The number of carbonyl (C=O) groups excluding carboxylic acids is 1. The lowest BCUT2D eigenvalue weighted by molar-refractivity contribution is 0.0582. The van der Waals surface area contributed by atoms with E-state index < -0.39 is 5.54 Å². The van der Waals surface area contributed by atoms with Gasteiger partial charge in [0.25, 0.3) is 5.91 Å². The second kappa shape index (κ2) is 4.21. The third-order valence-corrected chi connectivity index (χ3v) is 2.28. The van der Waals surface area contributed by atoms with Gasteiger partial charge < -0.3 is 0 Å². The average molecular weight is 227 g/mol. The van der Waals surface area contributed by atoms with Crippen LogP contribution in [0.2, 0.25) is 5.02 Å². The van der Waals surface area contributed by atoms with Crippen LogP contribution in [-0.4, -0.2) is 16.5 Å². The SMILES string of the molecule is CC(C)(C)N(N)C(=O)c1ccc(Cl)cc1. The number of hydrazine groups is 1. The van der Waals surface area contributed by atoms with E-state index in [0.29, 0.717) is 10.6 Å². The summed E-state index contributed by atoms with van der Waals surface area (Å²) in [6.07, 6.45) is 0. The number of benzene rings is 1. The predicted octanol–water partition coefficient (Wildman–Crippen LogP) is 2.45. The molecular formula is C11H15ClN2O. The fraction of sp³-hybridized carbons (Fsp3) is 0.364. The fourth-order valence-corrected chi connectivity index (χ4v) is 1.16. The number of carbonyl (C=O) groups is 1. The maximum atomic E-state index is 11.9. The molecule has 0 bridgehead atoms. The van der Waals surface area contributed by atoms with Crippen molar-refractivity contribution < 1.29 is 4.79 Å². The van der Waals surface area contributed by atoms with Gasteiger partial charge in [-0.3, -0.25) is 9.80 Å². The van der Waals surface area contributed by atoms with Gasteiger partial charge in [-0.1, -0.05) is 11.6 Å². The molecule has 0 aliphatic rings. The summed E-state index contributed by atoms with van der Waals surface area (Å²) in [6, 6.07) is 6.67. The molecule has 0 unspecified atom stereocenters. The van der Waals surface area contributed by atoms with E-state index in [9.17, 15) is 4.79 Å². The number of rotatable bonds is 1. The van der Waals surface area contributed by atoms with E-state index in [1.54, 1.807) is 24.3 Å². The highest BCUT2D eigenvalue weighted by Gasteiger charge is 2.24. The smallest absolute Gasteiger partial charge is 0.268 e. The lowest BCUT2D eigenvalue weighted by Crippen LogP contribution is -2.50. The molecule has 1 amide bonds. The first kappa shape index (κ1) is 12.0. The van der Waals surface area contributed by atoms with Crippen LogP contribution >= 0.6 is 11.6 Å². The minimum Gasteiger partial charge on any atom is -0.271 e. The van der Waals surface area contributed by atoms with Gasteiger partial charge in [0.1, 0.15) is 0 Å². The normalized spacial score (nSPS) is 11.3. The van der Waals surface area contributed by atoms with E-state index in [1.807, 2.05) is 20.8 Å². The molecule has 0 spiro atoms. The summed E-state index contributed by atoms with van der Waals surface area (Å²) in [5.41, 5.74) is 0.147. The van der Waals surface area contributed by atoms with Crippen molar-refractivity contribution in [3.05, 3.63) is 34.9 Å². The van der Waals surface area contributed by atoms with Gasteiger partial charge in [-0.2, -0.15) is 0 Å². The molecule has 0 fully saturated rings. The number of nitrogens with two attached hydrogens (primary N) is 1. The molecule has 1 aromatic rings. The van der Waals surface area contributed by atoms with Crippen LogP contribution in [0.1, 0.15) is 31.1 Å². The van der Waals surface area contributed by atoms with E-state index >= 15 is 0 Å². The number of hydrogen-bond acceptors (Lipinski definition) is 2. The molecule has 0 saturated carbocycles. The number of hydrogen-bond donors (Lipinski definition) is 1. The van der Waals surface area contributed by atoms with Crippen molar-refractivity contribution in [3.8, 4) is 0 Å². The van der Waals surface area contributed by atoms with Gasteiger partial charge in [0.2, 0.25) is 0 Å². The van der Waals surface area contributed by atoms with E-state index in [1.165, 1.54) is 5.01 Å². The summed E-state index contributed by atoms with van der Waals surface area (Å²) in [7, 11) is 0. The van der Waals surface area contributed by atoms with Crippen LogP contribution in [0.15, 0.2) is 24.3 Å². The van der Waals surface area contributed by atoms with Gasteiger partial charge in [-0.25, -0.2) is 5.84 Å². The van der Waals surface area contributed by atoms with Crippen LogP contribution in [0.4, 0.5) is 0 Å². The molecular weight excluding hydrogens is 212 g/mol. The molecule has 1 aromatic carbocycles. The highest BCUT2D eigenvalue weighted by molar-refractivity contribution is 6.30. The minimum atomic E-state index is -0.392. The van der Waals surface area contributed by atoms with E-state index in [4.69, 9.17) is 17.4 Å². The molecule has 3 nitrogen and oxygen atoms in total. The van der Waals surface area contributed by atoms with Crippen molar-refractivity contribution >= 4 is 17.5 Å². The topological polar surface area (TPSA) is 46.3 Å². The summed E-state index contributed by atoms with van der Waals surface area (Å²) >= 11 is 5.73. The summed E-state index contributed by atoms with van der Waals surface area (Å²) in [6.45, 7) is 5.63. The molecule has 0 atom stereocenters. The molecule has 82 valence electrons. The van der Waals surface area contributed by atoms with Crippen LogP contribution in [-0.2, 0) is 0 Å². The van der Waals surface area contributed by atoms with Crippen molar-refractivity contribution in [3.63, 3.8) is 0 Å². The molecule has 0 heterocycles. The molecule has 4 heteroatoms. The van der Waals surface area contributed by atoms with E-state index in [2.05, 4.69) is 0 Å². The van der Waals surface area contributed by atoms with Gasteiger partial charge in [0.15, 0.2) is 0 Å². The van der Waals surface area contributed by atoms with Gasteiger partial charge >= 0.3 is 0 Å². The zero-order valence-electron chi connectivity index (χ0n) is 9.12. The Morgan fingerprint density at radius 2 is 1.73 bits per heavy atom. The van der Waals surface area contributed by atoms with Crippen LogP contribution in [0.5, 0.6) is 0 Å². The van der Waals surface area contributed by atoms with Crippen LogP contribution in [0.25, 0.3) is 0 Å². The summed E-state index contributed by atoms with van der Waals surface area (Å²) in [5.74, 6) is 5.51. The van der Waals surface area contributed by atoms with Crippen LogP contribution < -0.4 is 5.84 Å². The summed E-state index contributed by atoms with van der Waals surface area (Å²) < 4.78 is 0. The van der Waals surface area contributed by atoms with Crippen molar-refractivity contribution in [2.24, 2.45) is 5.84 Å². The molecule has 0 radical (unpaired) electrons. The van der Waals surface area contributed by atoms with Gasteiger partial charge in [-0.05, 0) is 45.0 Å². The lowest BCUT2D eigenvalue weighted by atomic mass is 10.1. The molecule has 1 rings (SSSR count). The van der Waals surface area contributed by atoms with E-state index in [-0.39, 0.29) is 5.91 Å². The predicted molar refractivity (Wildman–Crippen MR) is 61.6 cm³/mol. The highest BCUT2D eigenvalue weighted by atomic mass is 35.5. The van der Waals surface area contributed by atoms with Gasteiger partial charge in [-0.15, -0.1) is 0 Å². The Morgan fingerprint density at radius 3 is 2.13 bits per heavy atom. The molecule has 2 N–H and O–H groups in total. The third kappa shape index (κ3) is 2.94. The lowest BCUT2D eigenvalue weighted by Gasteiger charge is -2.31. The van der Waals surface area contributed by atoms with Gasteiger partial charge in [0.05, 0.1) is 5.54 Å². The Balaban J connectivity index is 2.90. The standard InChI is InChI=1S/C11H15ClN2O/c1-11(2,3)14(13)10(15)8-4-6-9(12)7-5-8/h4-7H,13H2,1-3H3. The third-order valence-electron chi connectivity index (χ3n) is 2.03. The Labute approximate surface area is 94.8 Å². The Bertz CT molecular complexity index is 354. The van der Waals surface area contributed by atoms with Crippen molar-refractivity contribution in [1.82, 2.24) is 5.01 Å². The maximum absolute atomic E-state index is 11.9. The first-order chi connectivity index (χ1) is 6.82. The largest absolute Gasteiger partial charge is 0.271 e. The molecule has 0 aromatic heterocycles. The Morgan fingerprint density at radius 1 is 1.27 bits per heavy atom. The second-order valence-electron chi connectivity index (χ2n) is 4.35. The maximum Gasteiger partial charge on any atom is 0.268 e. The van der Waals surface area contributed by atoms with Crippen LogP contribution in [0.3, 0.4) is 0 Å². The molecule has 0 saturated heterocycles. The first-order valence-corrected chi connectivity index (χ1v) is 5.05. The molecule has 15 heavy (non-hydrogen) atoms. The summed E-state index contributed by atoms with van der Waals surface area (Å²) in [5, 5.41) is 1.82. The molecule has 0 aliphatic heterocycles. The Kier molecular flexibility index (Phi) is 3.37. The molecule has 0 aliphatic carbocycles. The Hall–Kier alpha value is -1.06. The van der Waals surface area contributed by atoms with Crippen LogP contribution in [0, 0.1) is 0 Å². The second-order valence-corrected chi connectivity index (χ2v) is 4.79. The highest BCUT2D eigenvalue weighted by Crippen LogP contribution is 2.15. The zero-order chi connectivity index (χ0) is 11.6. The van der Waals surface area contributed by atoms with Crippen molar-refractivity contribution in [1.29, 1.82) is 0 Å². The van der Waals surface area contributed by atoms with Crippen molar-refractivity contribution in [2.45, 2.75) is 26.3 Å². The zero-order valence-corrected chi connectivity index (χ0v) is 9.88. The number of halogens is 1. The average Bonchev–Trinajstić information content (AvgIpc) is 2.15. The first-order valence-electron chi connectivity index (χ1n) is 4.67. The minimum absolute atomic E-state index is 0.209.